The number of carbonyl (C=O) groups is 2. The zero-order chi connectivity index (χ0) is 14.8. The smallest absolute Gasteiger partial charge is 0.329 e. The molecular weight excluding hydrogens is 258 g/mol. The highest BCUT2D eigenvalue weighted by atomic mass is 16.5. The lowest BCUT2D eigenvalue weighted by atomic mass is 10.1. The molecule has 0 bridgehead atoms. The Morgan fingerprint density at radius 3 is 2.60 bits per heavy atom. The maximum atomic E-state index is 11.5. The number of amides is 1. The number of carboxylic acid groups (broad SMARTS) is 1. The van der Waals surface area contributed by atoms with Crippen molar-refractivity contribution in [3.05, 3.63) is 41.5 Å². The lowest BCUT2D eigenvalue weighted by Gasteiger charge is -2.02. The van der Waals surface area contributed by atoms with Crippen LogP contribution in [0.15, 0.2) is 30.3 Å². The van der Waals surface area contributed by atoms with E-state index in [-0.39, 0.29) is 25.7 Å². The maximum absolute atomic E-state index is 11.5. The minimum Gasteiger partial charge on any atom is -0.480 e. The molecule has 0 aliphatic carbocycles. The molecule has 20 heavy (non-hydrogen) atoms. The van der Waals surface area contributed by atoms with E-state index in [0.29, 0.717) is 0 Å². The monoisotopic (exact) mass is 277 g/mol. The highest BCUT2D eigenvalue weighted by molar-refractivity contribution is 5.91. The van der Waals surface area contributed by atoms with Crippen LogP contribution in [0.3, 0.4) is 0 Å². The van der Waals surface area contributed by atoms with Crippen LogP contribution >= 0.6 is 0 Å². The van der Waals surface area contributed by atoms with Crippen molar-refractivity contribution in [2.45, 2.75) is 13.3 Å². The van der Waals surface area contributed by atoms with Gasteiger partial charge in [-0.15, -0.1) is 0 Å². The molecule has 0 unspecified atom stereocenters. The Hall–Kier alpha value is -2.14. The fourth-order valence-electron chi connectivity index (χ4n) is 1.50. The standard InChI is InChI=1S/C15H19NO4/c1-2-12-3-5-13(6-4-12)7-8-14(17)16-9-10-20-11-15(18)19/h3-8H,2,9-11H2,1H3,(H,16,17)(H,18,19). The second-order valence-electron chi connectivity index (χ2n) is 4.17. The largest absolute Gasteiger partial charge is 0.480 e. The van der Waals surface area contributed by atoms with Crippen LogP contribution in [0.5, 0.6) is 0 Å². The van der Waals surface area contributed by atoms with Gasteiger partial charge in [-0.3, -0.25) is 4.79 Å². The van der Waals surface area contributed by atoms with E-state index in [1.54, 1.807) is 6.08 Å². The van der Waals surface area contributed by atoms with Crippen LogP contribution in [0.1, 0.15) is 18.1 Å². The minimum atomic E-state index is -1.02. The SMILES string of the molecule is CCc1ccc(C=CC(=O)NCCOCC(=O)O)cc1. The van der Waals surface area contributed by atoms with Crippen molar-refractivity contribution < 1.29 is 19.4 Å². The van der Waals surface area contributed by atoms with Gasteiger partial charge in [0.05, 0.1) is 6.61 Å². The first-order valence-electron chi connectivity index (χ1n) is 6.46. The van der Waals surface area contributed by atoms with Crippen molar-refractivity contribution in [1.29, 1.82) is 0 Å². The van der Waals surface area contributed by atoms with Crippen molar-refractivity contribution in [2.75, 3.05) is 19.8 Å². The number of benzene rings is 1. The Labute approximate surface area is 118 Å². The van der Waals surface area contributed by atoms with Crippen LogP contribution in [0.2, 0.25) is 0 Å². The number of ether oxygens (including phenoxy) is 1. The topological polar surface area (TPSA) is 75.6 Å². The lowest BCUT2D eigenvalue weighted by molar-refractivity contribution is -0.142. The van der Waals surface area contributed by atoms with Gasteiger partial charge in [0.1, 0.15) is 6.61 Å². The first-order valence-corrected chi connectivity index (χ1v) is 6.46. The summed E-state index contributed by atoms with van der Waals surface area (Å²) in [7, 11) is 0. The number of aryl methyl sites for hydroxylation is 1. The summed E-state index contributed by atoms with van der Waals surface area (Å²) in [6.45, 7) is 2.20. The van der Waals surface area contributed by atoms with Gasteiger partial charge in [-0.2, -0.15) is 0 Å². The van der Waals surface area contributed by atoms with Gasteiger partial charge in [0.2, 0.25) is 5.91 Å². The first kappa shape index (κ1) is 15.9. The number of nitrogens with one attached hydrogen (secondary N) is 1. The summed E-state index contributed by atoms with van der Waals surface area (Å²) in [6, 6.07) is 7.96. The predicted molar refractivity (Wildman–Crippen MR) is 76.3 cm³/mol. The van der Waals surface area contributed by atoms with Crippen LogP contribution in [0.25, 0.3) is 6.08 Å². The molecule has 0 fully saturated rings. The molecule has 1 rings (SSSR count). The summed E-state index contributed by atoms with van der Waals surface area (Å²) in [6.07, 6.45) is 4.16. The van der Waals surface area contributed by atoms with E-state index in [1.165, 1.54) is 11.6 Å². The molecule has 0 saturated heterocycles. The molecular formula is C15H19NO4. The van der Waals surface area contributed by atoms with Gasteiger partial charge < -0.3 is 15.2 Å². The fourth-order valence-corrected chi connectivity index (χ4v) is 1.50. The number of carbonyl (C=O) groups excluding carboxylic acids is 1. The number of rotatable bonds is 8. The summed E-state index contributed by atoms with van der Waals surface area (Å²) in [4.78, 5) is 21.6. The molecule has 0 spiro atoms. The highest BCUT2D eigenvalue weighted by Gasteiger charge is 1.98. The number of hydrogen-bond acceptors (Lipinski definition) is 3. The van der Waals surface area contributed by atoms with E-state index < -0.39 is 5.97 Å². The molecule has 0 radical (unpaired) electrons. The normalized spacial score (nSPS) is 10.7. The van der Waals surface area contributed by atoms with E-state index in [0.717, 1.165) is 12.0 Å². The van der Waals surface area contributed by atoms with Gasteiger partial charge in [-0.1, -0.05) is 31.2 Å². The van der Waals surface area contributed by atoms with Crippen molar-refractivity contribution >= 4 is 18.0 Å². The number of aliphatic carboxylic acids is 1. The van der Waals surface area contributed by atoms with E-state index in [1.807, 2.05) is 24.3 Å². The van der Waals surface area contributed by atoms with Crippen molar-refractivity contribution in [1.82, 2.24) is 5.32 Å². The van der Waals surface area contributed by atoms with Gasteiger partial charge in [-0.25, -0.2) is 4.79 Å². The third-order valence-corrected chi connectivity index (χ3v) is 2.59. The summed E-state index contributed by atoms with van der Waals surface area (Å²) in [5.41, 5.74) is 2.21. The zero-order valence-electron chi connectivity index (χ0n) is 11.5. The van der Waals surface area contributed by atoms with E-state index in [9.17, 15) is 9.59 Å². The summed E-state index contributed by atoms with van der Waals surface area (Å²) < 4.78 is 4.80. The van der Waals surface area contributed by atoms with Gasteiger partial charge in [-0.05, 0) is 23.6 Å². The number of hydrogen-bond donors (Lipinski definition) is 2. The first-order chi connectivity index (χ1) is 9.61. The Kier molecular flexibility index (Phi) is 7.06. The van der Waals surface area contributed by atoms with Crippen molar-refractivity contribution in [3.8, 4) is 0 Å². The zero-order valence-corrected chi connectivity index (χ0v) is 11.5. The molecule has 0 aliphatic heterocycles. The molecule has 0 aromatic heterocycles. The number of carboxylic acids is 1. The molecule has 5 nitrogen and oxygen atoms in total. The molecule has 0 aliphatic rings. The second kappa shape index (κ2) is 8.87. The van der Waals surface area contributed by atoms with Crippen LogP contribution < -0.4 is 5.32 Å². The molecule has 0 heterocycles. The highest BCUT2D eigenvalue weighted by Crippen LogP contribution is 2.06. The van der Waals surface area contributed by atoms with Crippen LogP contribution in [0, 0.1) is 0 Å². The molecule has 5 heteroatoms. The molecule has 2 N–H and O–H groups in total. The summed E-state index contributed by atoms with van der Waals surface area (Å²) in [5, 5.41) is 11.0. The summed E-state index contributed by atoms with van der Waals surface area (Å²) >= 11 is 0. The van der Waals surface area contributed by atoms with Crippen LogP contribution in [-0.4, -0.2) is 36.7 Å². The van der Waals surface area contributed by atoms with E-state index >= 15 is 0 Å². The summed E-state index contributed by atoms with van der Waals surface area (Å²) in [5.74, 6) is -1.25. The van der Waals surface area contributed by atoms with Crippen molar-refractivity contribution in [2.24, 2.45) is 0 Å². The minimum absolute atomic E-state index is 0.178. The van der Waals surface area contributed by atoms with E-state index in [2.05, 4.69) is 12.2 Å². The van der Waals surface area contributed by atoms with Gasteiger partial charge in [0, 0.05) is 12.6 Å². The lowest BCUT2D eigenvalue weighted by Crippen LogP contribution is -2.26. The average Bonchev–Trinajstić information content (AvgIpc) is 2.45. The Balaban J connectivity index is 2.26. The van der Waals surface area contributed by atoms with Crippen molar-refractivity contribution in [3.63, 3.8) is 0 Å². The van der Waals surface area contributed by atoms with Gasteiger partial charge >= 0.3 is 5.97 Å². The Morgan fingerprint density at radius 1 is 1.30 bits per heavy atom. The fraction of sp³-hybridized carbons (Fsp3) is 0.333. The quantitative estimate of drug-likeness (QED) is 0.557. The van der Waals surface area contributed by atoms with Crippen LogP contribution in [0.4, 0.5) is 0 Å². The second-order valence-corrected chi connectivity index (χ2v) is 4.17. The van der Waals surface area contributed by atoms with Gasteiger partial charge in [0.25, 0.3) is 0 Å². The molecule has 1 aromatic rings. The predicted octanol–water partition coefficient (Wildman–Crippen LogP) is 1.48. The van der Waals surface area contributed by atoms with Gasteiger partial charge in [0.15, 0.2) is 0 Å². The third kappa shape index (κ3) is 6.70. The third-order valence-electron chi connectivity index (χ3n) is 2.59. The molecule has 0 atom stereocenters. The Morgan fingerprint density at radius 2 is 2.00 bits per heavy atom. The van der Waals surface area contributed by atoms with Crippen LogP contribution in [-0.2, 0) is 20.7 Å². The average molecular weight is 277 g/mol. The molecule has 108 valence electrons. The molecule has 1 aromatic carbocycles. The maximum Gasteiger partial charge on any atom is 0.329 e. The molecule has 1 amide bonds. The molecule has 0 saturated carbocycles. The Bertz CT molecular complexity index is 465. The van der Waals surface area contributed by atoms with E-state index in [4.69, 9.17) is 9.84 Å².